The average Bonchev–Trinajstić information content (AvgIpc) is 4.00. The Morgan fingerprint density at radius 3 is 1.90 bits per heavy atom. The van der Waals surface area contributed by atoms with E-state index < -0.39 is 0 Å². The maximum atomic E-state index is 6.98. The standard InChI is InChI=1S/C66H60BN2O/c1-62(2,3)36-20-22-37(23-21-36)68-53-35-57-44(45-31-50-51(34-56(45)70-57)64(6,7)29-28-63(50,4)5)30-43(53)39-24-25-41-59-54(27-26-48-58(59)40-17-13-15-19-47(40)65(48,8)9)69-55-33-49-42(32-52(55)67-60(39)61(41)69)38-16-12-14-18-46(38)66(49,10)11/h12-27,30-35,68H,28-29H2,1-11H3. The van der Waals surface area contributed by atoms with Gasteiger partial charge in [0.15, 0.2) is 7.28 Å². The topological polar surface area (TPSA) is 30.1 Å². The summed E-state index contributed by atoms with van der Waals surface area (Å²) in [4.78, 5) is 0. The molecule has 10 aromatic rings. The van der Waals surface area contributed by atoms with Crippen molar-refractivity contribution in [2.45, 2.75) is 116 Å². The number of furan rings is 1. The largest absolute Gasteiger partial charge is 0.456 e. The van der Waals surface area contributed by atoms with Gasteiger partial charge in [-0.2, -0.15) is 0 Å². The molecule has 0 amide bonds. The highest BCUT2D eigenvalue weighted by atomic mass is 16.3. The minimum Gasteiger partial charge on any atom is -0.456 e. The highest BCUT2D eigenvalue weighted by molar-refractivity contribution is 6.73. The summed E-state index contributed by atoms with van der Waals surface area (Å²) in [6.45, 7) is 26.1. The number of anilines is 2. The third-order valence-corrected chi connectivity index (χ3v) is 17.9. The molecule has 4 heteroatoms. The van der Waals surface area contributed by atoms with E-state index in [0.29, 0.717) is 0 Å². The van der Waals surface area contributed by atoms with Gasteiger partial charge in [0.2, 0.25) is 0 Å². The molecular weight excluding hydrogens is 848 g/mol. The number of nitrogens with one attached hydrogen (secondary N) is 1. The van der Waals surface area contributed by atoms with Crippen molar-refractivity contribution in [2.75, 3.05) is 5.32 Å². The fraction of sp³-hybridized carbons (Fsp3) is 0.273. The van der Waals surface area contributed by atoms with Crippen molar-refractivity contribution in [3.05, 3.63) is 172 Å². The van der Waals surface area contributed by atoms with E-state index in [2.05, 4.69) is 227 Å². The second-order valence-corrected chi connectivity index (χ2v) is 24.7. The Labute approximate surface area is 413 Å². The first-order valence-corrected chi connectivity index (χ1v) is 25.6. The molecule has 14 rings (SSSR count). The third-order valence-electron chi connectivity index (χ3n) is 17.9. The number of hydrogen-bond acceptors (Lipinski definition) is 2. The van der Waals surface area contributed by atoms with Crippen molar-refractivity contribution < 1.29 is 4.42 Å². The minimum absolute atomic E-state index is 0.0533. The molecule has 2 aromatic heterocycles. The van der Waals surface area contributed by atoms with Gasteiger partial charge in [0.05, 0.1) is 11.2 Å². The number of rotatable bonds is 3. The van der Waals surface area contributed by atoms with Crippen LogP contribution in [0.5, 0.6) is 0 Å². The van der Waals surface area contributed by atoms with Gasteiger partial charge in [0.1, 0.15) is 11.2 Å². The molecular formula is C66H60BN2O. The molecule has 0 saturated heterocycles. The average molecular weight is 908 g/mol. The second kappa shape index (κ2) is 13.5. The molecule has 0 spiro atoms. The zero-order valence-corrected chi connectivity index (χ0v) is 42.5. The van der Waals surface area contributed by atoms with Crippen LogP contribution in [0.3, 0.4) is 0 Å². The summed E-state index contributed by atoms with van der Waals surface area (Å²) in [5, 5.41) is 8.94. The molecule has 3 heterocycles. The van der Waals surface area contributed by atoms with E-state index in [0.717, 1.165) is 46.3 Å². The lowest BCUT2D eigenvalue weighted by molar-refractivity contribution is 0.332. The number of hydrogen-bond donors (Lipinski definition) is 1. The summed E-state index contributed by atoms with van der Waals surface area (Å²) in [6, 6.07) is 51.5. The van der Waals surface area contributed by atoms with E-state index in [9.17, 15) is 0 Å². The number of fused-ring (bicyclic) bond motifs is 16. The van der Waals surface area contributed by atoms with Gasteiger partial charge in [-0.1, -0.05) is 167 Å². The lowest BCUT2D eigenvalue weighted by Crippen LogP contribution is -2.37. The highest BCUT2D eigenvalue weighted by Gasteiger charge is 2.42. The van der Waals surface area contributed by atoms with Crippen LogP contribution in [0.4, 0.5) is 11.4 Å². The molecule has 1 radical (unpaired) electrons. The van der Waals surface area contributed by atoms with Crippen LogP contribution in [0.1, 0.15) is 128 Å². The first kappa shape index (κ1) is 42.1. The van der Waals surface area contributed by atoms with Crippen molar-refractivity contribution in [1.29, 1.82) is 0 Å². The highest BCUT2D eigenvalue weighted by Crippen LogP contribution is 2.55. The predicted octanol–water partition coefficient (Wildman–Crippen LogP) is 16.3. The maximum absolute atomic E-state index is 6.98. The van der Waals surface area contributed by atoms with Crippen LogP contribution in [0.15, 0.2) is 138 Å². The van der Waals surface area contributed by atoms with Gasteiger partial charge >= 0.3 is 0 Å². The Hall–Kier alpha value is -6.78. The second-order valence-electron chi connectivity index (χ2n) is 24.7. The maximum Gasteiger partial charge on any atom is 0.197 e. The first-order valence-electron chi connectivity index (χ1n) is 25.6. The smallest absolute Gasteiger partial charge is 0.197 e. The molecule has 0 saturated carbocycles. The zero-order chi connectivity index (χ0) is 48.2. The molecule has 0 unspecified atom stereocenters. The molecule has 1 N–H and O–H groups in total. The monoisotopic (exact) mass is 907 g/mol. The number of nitrogens with zero attached hydrogens (tertiary/aromatic N) is 1. The van der Waals surface area contributed by atoms with E-state index in [1.54, 1.807) is 0 Å². The SMILES string of the molecule is CC(C)(C)c1ccc(Nc2cc3oc4cc5c(cc4c3cc2-c2ccc3c4c6c(ccc4n4c3c2[B]c2cc3c(cc2-4)C(C)(C)c2ccccc2-3)C(C)(C)c2ccccc2-6)C(C)(C)CCC5(C)C)cc1. The summed E-state index contributed by atoms with van der Waals surface area (Å²) in [6.07, 6.45) is 2.32. The van der Waals surface area contributed by atoms with Gasteiger partial charge in [-0.05, 0) is 144 Å². The van der Waals surface area contributed by atoms with Crippen molar-refractivity contribution in [3.63, 3.8) is 0 Å². The van der Waals surface area contributed by atoms with Crippen LogP contribution in [0, 0.1) is 0 Å². The van der Waals surface area contributed by atoms with E-state index in [4.69, 9.17) is 4.42 Å². The molecule has 0 atom stereocenters. The first-order chi connectivity index (χ1) is 33.3. The molecule has 3 nitrogen and oxygen atoms in total. The van der Waals surface area contributed by atoms with Gasteiger partial charge in [-0.3, -0.25) is 0 Å². The van der Waals surface area contributed by atoms with E-state index >= 15 is 0 Å². The number of benzene rings is 8. The fourth-order valence-electron chi connectivity index (χ4n) is 13.7. The summed E-state index contributed by atoms with van der Waals surface area (Å²) in [7, 11) is 2.51. The third kappa shape index (κ3) is 5.54. The van der Waals surface area contributed by atoms with Gasteiger partial charge in [-0.25, -0.2) is 0 Å². The Bertz CT molecular complexity index is 3970. The zero-order valence-electron chi connectivity index (χ0n) is 42.5. The lowest BCUT2D eigenvalue weighted by atomic mass is 9.58. The van der Waals surface area contributed by atoms with Crippen molar-refractivity contribution in [2.24, 2.45) is 0 Å². The van der Waals surface area contributed by atoms with Gasteiger partial charge < -0.3 is 14.3 Å². The molecule has 4 aliphatic rings. The van der Waals surface area contributed by atoms with E-state index in [1.807, 2.05) is 0 Å². The Kier molecular flexibility index (Phi) is 8.15. The van der Waals surface area contributed by atoms with Crippen molar-refractivity contribution in [3.8, 4) is 39.1 Å². The Balaban J connectivity index is 1.08. The number of aromatic nitrogens is 1. The molecule has 70 heavy (non-hydrogen) atoms. The van der Waals surface area contributed by atoms with Gasteiger partial charge in [0, 0.05) is 60.9 Å². The Morgan fingerprint density at radius 1 is 0.529 bits per heavy atom. The minimum atomic E-state index is -0.131. The lowest BCUT2D eigenvalue weighted by Gasteiger charge is -2.41. The molecule has 8 aromatic carbocycles. The fourth-order valence-corrected chi connectivity index (χ4v) is 13.7. The molecule has 1 aliphatic heterocycles. The van der Waals surface area contributed by atoms with Crippen LogP contribution in [0.2, 0.25) is 0 Å². The molecule has 0 bridgehead atoms. The molecule has 0 fully saturated rings. The van der Waals surface area contributed by atoms with Crippen LogP contribution in [0.25, 0.3) is 82.8 Å². The predicted molar refractivity (Wildman–Crippen MR) is 297 cm³/mol. The summed E-state index contributed by atoms with van der Waals surface area (Å²) in [5.41, 5.74) is 27.7. The summed E-state index contributed by atoms with van der Waals surface area (Å²) < 4.78 is 9.61. The van der Waals surface area contributed by atoms with Gasteiger partial charge in [0.25, 0.3) is 0 Å². The summed E-state index contributed by atoms with van der Waals surface area (Å²) in [5.74, 6) is 0. The van der Waals surface area contributed by atoms with Crippen LogP contribution < -0.4 is 16.2 Å². The normalized spacial score (nSPS) is 17.2. The Morgan fingerprint density at radius 2 is 1.17 bits per heavy atom. The van der Waals surface area contributed by atoms with Gasteiger partial charge in [-0.15, -0.1) is 0 Å². The quantitative estimate of drug-likeness (QED) is 0.179. The molecule has 343 valence electrons. The van der Waals surface area contributed by atoms with E-state index in [1.165, 1.54) is 111 Å². The summed E-state index contributed by atoms with van der Waals surface area (Å²) >= 11 is 0. The van der Waals surface area contributed by atoms with Crippen LogP contribution in [-0.4, -0.2) is 11.8 Å². The van der Waals surface area contributed by atoms with Crippen LogP contribution >= 0.6 is 0 Å². The van der Waals surface area contributed by atoms with Crippen LogP contribution in [-0.2, 0) is 27.1 Å². The van der Waals surface area contributed by atoms with Crippen molar-refractivity contribution >= 4 is 73.3 Å². The van der Waals surface area contributed by atoms with E-state index in [-0.39, 0.29) is 27.1 Å². The van der Waals surface area contributed by atoms with Crippen molar-refractivity contribution in [1.82, 2.24) is 4.57 Å². The molecule has 3 aliphatic carbocycles.